The molecule has 0 aromatic heterocycles. The average molecular weight is 116 g/mol. The van der Waals surface area contributed by atoms with E-state index in [0.717, 1.165) is 0 Å². The van der Waals surface area contributed by atoms with Crippen LogP contribution >= 0.6 is 0 Å². The summed E-state index contributed by atoms with van der Waals surface area (Å²) >= 11 is 0. The Morgan fingerprint density at radius 1 is 1.88 bits per heavy atom. The summed E-state index contributed by atoms with van der Waals surface area (Å²) in [7, 11) is -2.41. The summed E-state index contributed by atoms with van der Waals surface area (Å²) in [5.41, 5.74) is -0.882. The maximum absolute atomic E-state index is 6.77. The zero-order valence-electron chi connectivity index (χ0n) is 8.06. The van der Waals surface area contributed by atoms with Gasteiger partial charge in [-0.3, -0.25) is 0 Å². The fourth-order valence-corrected chi connectivity index (χ4v) is 0.223. The minimum Gasteiger partial charge on any atom is -0.371 e. The van der Waals surface area contributed by atoms with Crippen molar-refractivity contribution in [1.29, 1.82) is 0 Å². The van der Waals surface area contributed by atoms with Crippen molar-refractivity contribution in [2.75, 3.05) is 13.6 Å². The molecule has 2 heteroatoms. The fourth-order valence-electron chi connectivity index (χ4n) is 0.223. The van der Waals surface area contributed by atoms with Crippen LogP contribution in [0.3, 0.4) is 0 Å². The van der Waals surface area contributed by atoms with Gasteiger partial charge in [0.15, 0.2) is 0 Å². The number of nitrogens with zero attached hydrogens (tertiary/aromatic N) is 1. The molecule has 0 heterocycles. The van der Waals surface area contributed by atoms with Crippen molar-refractivity contribution in [3.8, 4) is 0 Å². The molecule has 0 aliphatic heterocycles. The molecular formula is C6H11NO. The lowest BCUT2D eigenvalue weighted by molar-refractivity contribution is 0.0371. The van der Waals surface area contributed by atoms with Crippen LogP contribution in [-0.2, 0) is 4.74 Å². The smallest absolute Gasteiger partial charge is 0.242 e. The minimum absolute atomic E-state index is 0.0609. The van der Waals surface area contributed by atoms with Crippen LogP contribution in [0.25, 0.3) is 4.85 Å². The Labute approximate surface area is 54.5 Å². The molecule has 0 N–H and O–H groups in total. The van der Waals surface area contributed by atoms with E-state index in [0.29, 0.717) is 0 Å². The predicted molar refractivity (Wildman–Crippen MR) is 32.6 cm³/mol. The molecule has 0 saturated heterocycles. The van der Waals surface area contributed by atoms with E-state index in [1.807, 2.05) is 0 Å². The van der Waals surface area contributed by atoms with E-state index in [1.54, 1.807) is 13.8 Å². The molecule has 0 bridgehead atoms. The first kappa shape index (κ1) is 3.47. The molecule has 0 aliphatic rings. The predicted octanol–water partition coefficient (Wildman–Crippen LogP) is 1.33. The van der Waals surface area contributed by atoms with Crippen LogP contribution in [0.15, 0.2) is 0 Å². The molecule has 0 rings (SSSR count). The average Bonchev–Trinajstić information content (AvgIpc) is 1.55. The second-order valence-corrected chi connectivity index (χ2v) is 2.18. The summed E-state index contributed by atoms with van der Waals surface area (Å²) in [5.74, 6) is 0. The van der Waals surface area contributed by atoms with Gasteiger partial charge in [0, 0.05) is 7.04 Å². The molecule has 0 radical (unpaired) electrons. The van der Waals surface area contributed by atoms with Crippen LogP contribution in [0.1, 0.15) is 18.0 Å². The summed E-state index contributed by atoms with van der Waals surface area (Å²) in [5, 5.41) is 0. The highest BCUT2D eigenvalue weighted by Crippen LogP contribution is 2.06. The third kappa shape index (κ3) is 2.59. The minimum atomic E-state index is -2.41. The summed E-state index contributed by atoms with van der Waals surface area (Å²) in [6.45, 7) is 9.75. The largest absolute Gasteiger partial charge is 0.371 e. The molecule has 46 valence electrons. The highest BCUT2D eigenvalue weighted by atomic mass is 16.5. The van der Waals surface area contributed by atoms with Gasteiger partial charge in [-0.1, -0.05) is 0 Å². The van der Waals surface area contributed by atoms with Gasteiger partial charge >= 0.3 is 0 Å². The van der Waals surface area contributed by atoms with Crippen molar-refractivity contribution in [3.05, 3.63) is 11.4 Å². The van der Waals surface area contributed by atoms with E-state index in [4.69, 9.17) is 10.7 Å². The van der Waals surface area contributed by atoms with Crippen LogP contribution in [0.5, 0.6) is 0 Å². The fraction of sp³-hybridized carbons (Fsp3) is 0.833. The Balaban J connectivity index is 4.04. The molecular weight excluding hydrogens is 102 g/mol. The number of rotatable bonds is 2. The molecule has 0 amide bonds. The highest BCUT2D eigenvalue weighted by molar-refractivity contribution is 4.78. The van der Waals surface area contributed by atoms with Crippen LogP contribution in [0.4, 0.5) is 0 Å². The van der Waals surface area contributed by atoms with Gasteiger partial charge in [-0.15, -0.1) is 0 Å². The van der Waals surface area contributed by atoms with Crippen molar-refractivity contribution < 1.29 is 8.85 Å². The van der Waals surface area contributed by atoms with Crippen molar-refractivity contribution in [2.24, 2.45) is 0 Å². The molecule has 0 fully saturated rings. The molecule has 0 atom stereocenters. The van der Waals surface area contributed by atoms with Gasteiger partial charge in [0.05, 0.1) is 4.11 Å². The maximum Gasteiger partial charge on any atom is 0.242 e. The maximum atomic E-state index is 6.77. The number of hydrogen-bond donors (Lipinski definition) is 0. The van der Waals surface area contributed by atoms with Crippen LogP contribution < -0.4 is 0 Å². The van der Waals surface area contributed by atoms with E-state index in [1.165, 1.54) is 0 Å². The van der Waals surface area contributed by atoms with Gasteiger partial charge < -0.3 is 9.58 Å². The highest BCUT2D eigenvalue weighted by Gasteiger charge is 2.18. The molecule has 2 nitrogen and oxygen atoms in total. The van der Waals surface area contributed by atoms with Gasteiger partial charge in [-0.2, -0.15) is 0 Å². The Kier molecular flexibility index (Phi) is 1.16. The molecule has 0 aliphatic carbocycles. The second-order valence-electron chi connectivity index (χ2n) is 2.18. The van der Waals surface area contributed by atoms with Crippen LogP contribution in [0.2, 0.25) is 0 Å². The summed E-state index contributed by atoms with van der Waals surface area (Å²) < 4.78 is 25.0. The van der Waals surface area contributed by atoms with Crippen LogP contribution in [-0.4, -0.2) is 19.2 Å². The van der Waals surface area contributed by atoms with Gasteiger partial charge in [-0.25, -0.2) is 6.57 Å². The third-order valence-electron chi connectivity index (χ3n) is 0.736. The van der Waals surface area contributed by atoms with Crippen molar-refractivity contribution >= 4 is 0 Å². The molecule has 0 aromatic carbocycles. The number of methoxy groups -OCH3 is 1. The topological polar surface area (TPSA) is 13.6 Å². The molecule has 8 heavy (non-hydrogen) atoms. The third-order valence-corrected chi connectivity index (χ3v) is 0.736. The lowest BCUT2D eigenvalue weighted by Gasteiger charge is -2.14. The Morgan fingerprint density at radius 3 is 2.88 bits per heavy atom. The molecule has 0 spiro atoms. The summed E-state index contributed by atoms with van der Waals surface area (Å²) in [6.07, 6.45) is 0. The molecule has 0 aromatic rings. The lowest BCUT2D eigenvalue weighted by atomic mass is 10.1. The van der Waals surface area contributed by atoms with E-state index in [-0.39, 0.29) is 6.54 Å². The first-order valence-electron chi connectivity index (χ1n) is 3.80. The van der Waals surface area contributed by atoms with Crippen molar-refractivity contribution in [2.45, 2.75) is 19.4 Å². The number of hydrogen-bond acceptors (Lipinski definition) is 1. The van der Waals surface area contributed by atoms with E-state index < -0.39 is 12.6 Å². The second kappa shape index (κ2) is 2.68. The first-order chi connectivity index (χ1) is 4.77. The Morgan fingerprint density at radius 2 is 2.50 bits per heavy atom. The van der Waals surface area contributed by atoms with E-state index in [9.17, 15) is 0 Å². The monoisotopic (exact) mass is 116 g/mol. The van der Waals surface area contributed by atoms with Gasteiger partial charge in [-0.05, 0) is 13.8 Å². The normalized spacial score (nSPS) is 17.9. The number of ether oxygens (including phenoxy) is 1. The molecule has 0 saturated carbocycles. The van der Waals surface area contributed by atoms with Crippen molar-refractivity contribution in [3.63, 3.8) is 0 Å². The zero-order chi connectivity index (χ0) is 9.12. The van der Waals surface area contributed by atoms with Crippen molar-refractivity contribution in [1.82, 2.24) is 0 Å². The Bertz CT molecular complexity index is 168. The van der Waals surface area contributed by atoms with E-state index in [2.05, 4.69) is 9.58 Å². The van der Waals surface area contributed by atoms with Gasteiger partial charge in [0.1, 0.15) is 5.60 Å². The lowest BCUT2D eigenvalue weighted by Crippen LogP contribution is -2.25. The van der Waals surface area contributed by atoms with E-state index >= 15 is 0 Å². The Hall–Kier alpha value is -0.550. The quantitative estimate of drug-likeness (QED) is 0.496. The summed E-state index contributed by atoms with van der Waals surface area (Å²) in [6, 6.07) is 0. The standard InChI is InChI=1S/C6H11NO/c1-6(2,8-4)5-7-3/h5H2,1-2,4H3/i4D3. The molecule has 0 unspecified atom stereocenters. The van der Waals surface area contributed by atoms with Gasteiger partial charge in [0.25, 0.3) is 0 Å². The summed E-state index contributed by atoms with van der Waals surface area (Å²) in [4.78, 5) is 3.07. The van der Waals surface area contributed by atoms with Gasteiger partial charge in [0.2, 0.25) is 6.54 Å². The zero-order valence-corrected chi connectivity index (χ0v) is 5.06. The first-order valence-corrected chi connectivity index (χ1v) is 2.30. The van der Waals surface area contributed by atoms with Crippen LogP contribution in [0, 0.1) is 6.57 Å². The SMILES string of the molecule is [2H]C([2H])([2H])OC(C)(C)C[N+]#[C-].